The standard InChI is InChI=1S/C25H28ClN3O4/c26-20-12-10-17(11-13-20)15-28-23(30)14-19-8-4-5-9-21(27)25(32)33-22(16-29-24(19)31)18-6-2-1-3-7-18/h1-7,10-13,19,21-22H,8-9,14-16,27H2,(H,28,30)(H,29,31)/t19-,21-,22-/m0/s1. The van der Waals surface area contributed by atoms with Gasteiger partial charge in [0.1, 0.15) is 12.1 Å². The molecule has 0 saturated heterocycles. The molecule has 0 radical (unpaired) electrons. The third-order valence-electron chi connectivity index (χ3n) is 5.38. The first kappa shape index (κ1) is 24.5. The molecule has 8 heteroatoms. The number of amides is 2. The zero-order chi connectivity index (χ0) is 23.6. The van der Waals surface area contributed by atoms with Crippen LogP contribution < -0.4 is 16.4 Å². The van der Waals surface area contributed by atoms with Crippen LogP contribution in [-0.4, -0.2) is 30.4 Å². The zero-order valence-corrected chi connectivity index (χ0v) is 19.0. The summed E-state index contributed by atoms with van der Waals surface area (Å²) in [4.78, 5) is 37.8. The van der Waals surface area contributed by atoms with E-state index in [0.29, 0.717) is 18.0 Å². The fourth-order valence-corrected chi connectivity index (χ4v) is 3.57. The number of benzene rings is 2. The van der Waals surface area contributed by atoms with Crippen molar-refractivity contribution in [2.45, 2.75) is 38.0 Å². The van der Waals surface area contributed by atoms with Crippen LogP contribution in [0.15, 0.2) is 66.7 Å². The number of allylic oxidation sites excluding steroid dienone is 1. The number of ether oxygens (including phenoxy) is 1. The van der Waals surface area contributed by atoms with Gasteiger partial charge in [0.05, 0.1) is 12.5 Å². The van der Waals surface area contributed by atoms with Crippen molar-refractivity contribution in [1.29, 1.82) is 0 Å². The SMILES string of the molecule is N[C@H]1CC=CC[C@@H](CC(=O)NCc2ccc(Cl)cc2)C(=O)NC[C@@H](c2ccccc2)OC1=O. The lowest BCUT2D eigenvalue weighted by atomic mass is 9.98. The summed E-state index contributed by atoms with van der Waals surface area (Å²) in [5.41, 5.74) is 7.63. The molecule has 3 atom stereocenters. The van der Waals surface area contributed by atoms with Crippen LogP contribution >= 0.6 is 11.6 Å². The summed E-state index contributed by atoms with van der Waals surface area (Å²) in [6, 6.07) is 15.5. The number of nitrogens with one attached hydrogen (secondary N) is 2. The summed E-state index contributed by atoms with van der Waals surface area (Å²) in [7, 11) is 0. The maximum atomic E-state index is 12.9. The quantitative estimate of drug-likeness (QED) is 0.460. The van der Waals surface area contributed by atoms with Crippen molar-refractivity contribution in [3.63, 3.8) is 0 Å². The van der Waals surface area contributed by atoms with Gasteiger partial charge in [0.15, 0.2) is 0 Å². The van der Waals surface area contributed by atoms with E-state index in [1.807, 2.05) is 42.5 Å². The highest BCUT2D eigenvalue weighted by atomic mass is 35.5. The molecule has 7 nitrogen and oxygen atoms in total. The Balaban J connectivity index is 1.66. The van der Waals surface area contributed by atoms with Gasteiger partial charge in [0, 0.05) is 18.0 Å². The topological polar surface area (TPSA) is 111 Å². The number of carbonyl (C=O) groups excluding carboxylic acids is 3. The molecule has 2 aromatic carbocycles. The van der Waals surface area contributed by atoms with E-state index >= 15 is 0 Å². The molecule has 174 valence electrons. The summed E-state index contributed by atoms with van der Waals surface area (Å²) in [6.45, 7) is 0.439. The predicted octanol–water partition coefficient (Wildman–Crippen LogP) is 3.04. The third-order valence-corrected chi connectivity index (χ3v) is 5.63. The predicted molar refractivity (Wildman–Crippen MR) is 126 cm³/mol. The molecule has 0 bridgehead atoms. The second-order valence-electron chi connectivity index (χ2n) is 7.93. The summed E-state index contributed by atoms with van der Waals surface area (Å²) in [6.07, 6.45) is 3.54. The van der Waals surface area contributed by atoms with Gasteiger partial charge in [-0.25, -0.2) is 0 Å². The van der Waals surface area contributed by atoms with Gasteiger partial charge in [-0.05, 0) is 36.1 Å². The number of nitrogens with two attached hydrogens (primary N) is 1. The van der Waals surface area contributed by atoms with E-state index < -0.39 is 24.0 Å². The van der Waals surface area contributed by atoms with Crippen LogP contribution in [0.25, 0.3) is 0 Å². The zero-order valence-electron chi connectivity index (χ0n) is 18.2. The maximum absolute atomic E-state index is 12.9. The van der Waals surface area contributed by atoms with Crippen molar-refractivity contribution in [1.82, 2.24) is 10.6 Å². The van der Waals surface area contributed by atoms with Crippen LogP contribution in [0.1, 0.15) is 36.5 Å². The van der Waals surface area contributed by atoms with Gasteiger partial charge in [-0.2, -0.15) is 0 Å². The molecule has 0 aliphatic carbocycles. The lowest BCUT2D eigenvalue weighted by Crippen LogP contribution is -2.39. The van der Waals surface area contributed by atoms with Crippen molar-refractivity contribution in [3.05, 3.63) is 82.9 Å². The van der Waals surface area contributed by atoms with Gasteiger partial charge in [-0.3, -0.25) is 14.4 Å². The van der Waals surface area contributed by atoms with E-state index in [0.717, 1.165) is 11.1 Å². The monoisotopic (exact) mass is 469 g/mol. The molecule has 0 unspecified atom stereocenters. The first-order chi connectivity index (χ1) is 15.9. The molecule has 33 heavy (non-hydrogen) atoms. The van der Waals surface area contributed by atoms with Crippen molar-refractivity contribution in [2.75, 3.05) is 6.54 Å². The Hall–Kier alpha value is -3.16. The van der Waals surface area contributed by atoms with Crippen molar-refractivity contribution < 1.29 is 19.1 Å². The molecule has 0 aromatic heterocycles. The number of rotatable bonds is 5. The highest BCUT2D eigenvalue weighted by Gasteiger charge is 2.26. The summed E-state index contributed by atoms with van der Waals surface area (Å²) < 4.78 is 5.58. The number of hydrogen-bond acceptors (Lipinski definition) is 5. The minimum atomic E-state index is -0.802. The lowest BCUT2D eigenvalue weighted by Gasteiger charge is -2.23. The molecule has 1 heterocycles. The van der Waals surface area contributed by atoms with Gasteiger partial charge >= 0.3 is 5.97 Å². The Kier molecular flexibility index (Phi) is 9.04. The average molecular weight is 470 g/mol. The molecule has 0 fully saturated rings. The molecule has 1 aliphatic rings. The molecule has 3 rings (SSSR count). The number of esters is 1. The summed E-state index contributed by atoms with van der Waals surface area (Å²) in [5, 5.41) is 6.30. The number of carbonyl (C=O) groups is 3. The van der Waals surface area contributed by atoms with Gasteiger partial charge in [0.2, 0.25) is 11.8 Å². The number of halogens is 1. The van der Waals surface area contributed by atoms with Crippen molar-refractivity contribution in [2.24, 2.45) is 11.7 Å². The molecular formula is C25H28ClN3O4. The van der Waals surface area contributed by atoms with Crippen LogP contribution in [0.4, 0.5) is 0 Å². The Morgan fingerprint density at radius 3 is 2.48 bits per heavy atom. The Morgan fingerprint density at radius 1 is 1.06 bits per heavy atom. The Labute approximate surface area is 198 Å². The van der Waals surface area contributed by atoms with Crippen LogP contribution in [0, 0.1) is 5.92 Å². The third kappa shape index (κ3) is 7.73. The lowest BCUT2D eigenvalue weighted by molar-refractivity contribution is -0.151. The van der Waals surface area contributed by atoms with Crippen molar-refractivity contribution in [3.8, 4) is 0 Å². The largest absolute Gasteiger partial charge is 0.454 e. The molecule has 2 amide bonds. The Bertz CT molecular complexity index is 979. The maximum Gasteiger partial charge on any atom is 0.323 e. The van der Waals surface area contributed by atoms with E-state index in [2.05, 4.69) is 10.6 Å². The highest BCUT2D eigenvalue weighted by Crippen LogP contribution is 2.19. The molecular weight excluding hydrogens is 442 g/mol. The summed E-state index contributed by atoms with van der Waals surface area (Å²) >= 11 is 5.89. The van der Waals surface area contributed by atoms with Crippen LogP contribution in [0.2, 0.25) is 5.02 Å². The van der Waals surface area contributed by atoms with Crippen LogP contribution in [-0.2, 0) is 25.7 Å². The van der Waals surface area contributed by atoms with E-state index in [1.165, 1.54) is 0 Å². The fraction of sp³-hybridized carbons (Fsp3) is 0.320. The molecule has 2 aromatic rings. The van der Waals surface area contributed by atoms with Crippen molar-refractivity contribution >= 4 is 29.4 Å². The number of hydrogen-bond donors (Lipinski definition) is 3. The second-order valence-corrected chi connectivity index (χ2v) is 8.37. The Morgan fingerprint density at radius 2 is 1.76 bits per heavy atom. The minimum Gasteiger partial charge on any atom is -0.454 e. The van der Waals surface area contributed by atoms with Crippen LogP contribution in [0.3, 0.4) is 0 Å². The second kappa shape index (κ2) is 12.2. The van der Waals surface area contributed by atoms with Gasteiger partial charge in [-0.15, -0.1) is 0 Å². The first-order valence-corrected chi connectivity index (χ1v) is 11.2. The van der Waals surface area contributed by atoms with Gasteiger partial charge in [0.25, 0.3) is 0 Å². The summed E-state index contributed by atoms with van der Waals surface area (Å²) in [5.74, 6) is -1.59. The number of cyclic esters (lactones) is 1. The normalized spacial score (nSPS) is 21.8. The van der Waals surface area contributed by atoms with E-state index in [9.17, 15) is 14.4 Å². The molecule has 0 saturated carbocycles. The molecule has 0 spiro atoms. The van der Waals surface area contributed by atoms with E-state index in [4.69, 9.17) is 22.1 Å². The highest BCUT2D eigenvalue weighted by molar-refractivity contribution is 6.30. The molecule has 1 aliphatic heterocycles. The average Bonchev–Trinajstić information content (AvgIpc) is 2.82. The van der Waals surface area contributed by atoms with Crippen LogP contribution in [0.5, 0.6) is 0 Å². The smallest absolute Gasteiger partial charge is 0.323 e. The first-order valence-electron chi connectivity index (χ1n) is 10.9. The van der Waals surface area contributed by atoms with Gasteiger partial charge < -0.3 is 21.1 Å². The fourth-order valence-electron chi connectivity index (χ4n) is 3.44. The van der Waals surface area contributed by atoms with Gasteiger partial charge in [-0.1, -0.05) is 66.2 Å². The van der Waals surface area contributed by atoms with E-state index in [-0.39, 0.29) is 31.2 Å². The minimum absolute atomic E-state index is 0.0333. The van der Waals surface area contributed by atoms with E-state index in [1.54, 1.807) is 24.3 Å². The molecule has 4 N–H and O–H groups in total.